The van der Waals surface area contributed by atoms with E-state index in [2.05, 4.69) is 256 Å². The van der Waals surface area contributed by atoms with E-state index in [1.165, 1.54) is 183 Å². The maximum Gasteiger partial charge on any atom is 0.212 e. The van der Waals surface area contributed by atoms with Crippen LogP contribution in [0.1, 0.15) is 208 Å². The lowest BCUT2D eigenvalue weighted by Gasteiger charge is -2.22. The molecule has 4 heterocycles. The van der Waals surface area contributed by atoms with Gasteiger partial charge < -0.3 is 0 Å². The van der Waals surface area contributed by atoms with Crippen molar-refractivity contribution in [1.82, 2.24) is 0 Å². The van der Waals surface area contributed by atoms with E-state index in [4.69, 9.17) is 17.8 Å². The molecule has 4 heteroatoms. The maximum atomic E-state index is 9.02. The van der Waals surface area contributed by atoms with E-state index < -0.39 is 43.7 Å². The van der Waals surface area contributed by atoms with Gasteiger partial charge in [-0.05, 0) is 218 Å². The zero-order chi connectivity index (χ0) is 82.8. The third kappa shape index (κ3) is 17.9. The van der Waals surface area contributed by atoms with Gasteiger partial charge in [0, 0.05) is 86.6 Å². The minimum absolute atomic E-state index is 0.283. The van der Waals surface area contributed by atoms with Gasteiger partial charge in [-0.15, -0.1) is 0 Å². The normalized spacial score (nSPS) is 20.3. The van der Waals surface area contributed by atoms with Crippen molar-refractivity contribution in [3.8, 4) is 89.5 Å². The van der Waals surface area contributed by atoms with Crippen LogP contribution in [0.2, 0.25) is 0 Å². The van der Waals surface area contributed by atoms with Crippen LogP contribution in [0.4, 0.5) is 0 Å². The summed E-state index contributed by atoms with van der Waals surface area (Å²) in [4.78, 5) is 0. The molecule has 4 aromatic heterocycles. The average Bonchev–Trinajstić information content (AvgIpc) is 0.680. The van der Waals surface area contributed by atoms with Crippen LogP contribution in [0, 0.1) is 27.7 Å². The van der Waals surface area contributed by atoms with Crippen LogP contribution < -0.4 is 18.3 Å². The Kier molecular flexibility index (Phi) is 19.1. The molecule has 0 atom stereocenters. The molecular weight excluding hydrogens is 1250 g/mol. The Hall–Kier alpha value is -9.64. The first-order chi connectivity index (χ1) is 55.2. The van der Waals surface area contributed by atoms with E-state index in [0.717, 1.165) is 48.4 Å². The van der Waals surface area contributed by atoms with Crippen LogP contribution in [0.25, 0.3) is 89.5 Å². The maximum absolute atomic E-state index is 9.02. The van der Waals surface area contributed by atoms with Crippen molar-refractivity contribution < 1.29 is 36.1 Å². The van der Waals surface area contributed by atoms with Gasteiger partial charge in [0.1, 0.15) is 28.2 Å². The minimum atomic E-state index is -3.55. The Labute approximate surface area is 635 Å². The standard InChI is InChI=1S/3C25H28N.C24H26N/c3*1-19-9-6-7-14-24(19)25-16-15-23(18-26(25)2)22-13-8-12-21(17-22)20-10-4-3-5-11-20;1-18-7-3-6-10-23(18)24-16-15-22(17-25(24)2)21-13-11-20(12-14-21)19-8-4-5-9-19/h3*6-9,12-18,20H,3-5,10-11H2,1-2H3;3,6-7,10-17,19H,4-5,8-9H2,1-2H3/q4*+1/i3D2,4D2,5D2,10D2,11D2,20D;20D;;19D. The van der Waals surface area contributed by atoms with Crippen LogP contribution in [0.15, 0.2) is 267 Å². The lowest BCUT2D eigenvalue weighted by molar-refractivity contribution is -0.660. The summed E-state index contributed by atoms with van der Waals surface area (Å²) in [6.45, 7) is 8.50. The van der Waals surface area contributed by atoms with E-state index in [9.17, 15) is 0 Å². The van der Waals surface area contributed by atoms with Crippen LogP contribution in [-0.4, -0.2) is 0 Å². The Morgan fingerprint density at radius 3 is 0.932 bits per heavy atom. The molecule has 12 aromatic rings. The molecule has 103 heavy (non-hydrogen) atoms. The summed E-state index contributed by atoms with van der Waals surface area (Å²) < 4.78 is 118. The molecule has 8 aromatic carbocycles. The fraction of sp³-hybridized carbons (Fsp3) is 0.313. The van der Waals surface area contributed by atoms with Crippen molar-refractivity contribution in [2.24, 2.45) is 28.2 Å². The lowest BCUT2D eigenvalue weighted by Crippen LogP contribution is -2.30. The number of aromatic nitrogens is 4. The van der Waals surface area contributed by atoms with E-state index in [1.54, 1.807) is 6.07 Å². The fourth-order valence-corrected chi connectivity index (χ4v) is 15.5. The number of rotatable bonds is 12. The second-order valence-corrected chi connectivity index (χ2v) is 28.6. The predicted octanol–water partition coefficient (Wildman–Crippen LogP) is 24.4. The van der Waals surface area contributed by atoms with Gasteiger partial charge in [-0.2, -0.15) is 0 Å². The molecule has 4 nitrogen and oxygen atoms in total. The highest BCUT2D eigenvalue weighted by Gasteiger charge is 2.24. The van der Waals surface area contributed by atoms with Crippen molar-refractivity contribution in [3.63, 3.8) is 0 Å². The summed E-state index contributed by atoms with van der Waals surface area (Å²) in [6, 6.07) is 82.9. The Morgan fingerprint density at radius 1 is 0.262 bits per heavy atom. The smallest absolute Gasteiger partial charge is 0.200 e. The molecule has 4 aliphatic rings. The van der Waals surface area contributed by atoms with Gasteiger partial charge in [0.15, 0.2) is 24.8 Å². The molecule has 16 rings (SSSR count). The molecule has 0 saturated heterocycles. The zero-order valence-electron chi connectivity index (χ0n) is 74.7. The van der Waals surface area contributed by atoms with E-state index >= 15 is 0 Å². The molecular formula is C99H110N4+4. The summed E-state index contributed by atoms with van der Waals surface area (Å²) >= 11 is 0. The molecule has 0 radical (unpaired) electrons. The van der Waals surface area contributed by atoms with Crippen LogP contribution in [-0.2, 0) is 28.2 Å². The van der Waals surface area contributed by atoms with Crippen molar-refractivity contribution >= 4 is 0 Å². The van der Waals surface area contributed by atoms with Gasteiger partial charge in [0.05, 0.1) is 0 Å². The van der Waals surface area contributed by atoms with E-state index in [1.807, 2.05) is 61.1 Å². The van der Waals surface area contributed by atoms with E-state index in [0.29, 0.717) is 11.1 Å². The highest BCUT2D eigenvalue weighted by molar-refractivity contribution is 5.71. The molecule has 522 valence electrons. The Morgan fingerprint density at radius 2 is 0.563 bits per heavy atom. The molecule has 0 amide bonds. The quantitative estimate of drug-likeness (QED) is 0.108. The molecule has 0 N–H and O–H groups in total. The highest BCUT2D eigenvalue weighted by atomic mass is 14.9. The number of hydrogen-bond donors (Lipinski definition) is 0. The predicted molar refractivity (Wildman–Crippen MR) is 432 cm³/mol. The molecule has 4 fully saturated rings. The summed E-state index contributed by atoms with van der Waals surface area (Å²) in [5.41, 5.74) is 26.7. The topological polar surface area (TPSA) is 15.5 Å². The number of aryl methyl sites for hydroxylation is 8. The highest BCUT2D eigenvalue weighted by Crippen LogP contribution is 2.40. The molecule has 0 unspecified atom stereocenters. The molecule has 4 aliphatic carbocycles. The van der Waals surface area contributed by atoms with Gasteiger partial charge in [-0.25, -0.2) is 18.3 Å². The van der Waals surface area contributed by atoms with Crippen LogP contribution in [0.5, 0.6) is 0 Å². The first-order valence-electron chi connectivity index (χ1n) is 43.9. The summed E-state index contributed by atoms with van der Waals surface area (Å²) in [5.74, 6) is -3.13. The third-order valence-corrected chi connectivity index (χ3v) is 21.4. The lowest BCUT2D eigenvalue weighted by atomic mass is 9.83. The second kappa shape index (κ2) is 34.6. The van der Waals surface area contributed by atoms with Crippen molar-refractivity contribution in [3.05, 3.63) is 312 Å². The Bertz CT molecular complexity index is 5470. The SMILES string of the molecule is Cc1ccccc1-c1ccc(-c2cccc(C3CCCCC3)c2)c[n+]1C.[2H]C1([2H])C([2H])([2H])C([2H])([2H])C([2H])(c2cccc(-c3ccc(-c4ccccc4C)[n+](C)c3)c2)C([2H])([2H])C1([2H])[2H].[2H]C1(c2ccc(-c3ccc(-c4ccccc4C)[n+](C)c3)cc2)CCCC1.[2H]C1(c2cccc(-c3ccc(-c4ccccc4C)[n+](C)c3)c2)CCCCC1. The fourth-order valence-electron chi connectivity index (χ4n) is 15.5. The van der Waals surface area contributed by atoms with Gasteiger partial charge in [0.2, 0.25) is 22.8 Å². The molecule has 0 spiro atoms. The molecule has 4 saturated carbocycles. The first kappa shape index (κ1) is 56.8. The van der Waals surface area contributed by atoms with Gasteiger partial charge in [-0.1, -0.05) is 240 Å². The minimum Gasteiger partial charge on any atom is -0.200 e. The second-order valence-electron chi connectivity index (χ2n) is 28.6. The number of benzene rings is 8. The summed E-state index contributed by atoms with van der Waals surface area (Å²) in [6.07, 6.45) is 7.86. The number of pyridine rings is 4. The van der Waals surface area contributed by atoms with Crippen molar-refractivity contribution in [2.45, 2.75) is 173 Å². The average molecular weight is 1370 g/mol. The Balaban J connectivity index is 0.000000136. The summed E-state index contributed by atoms with van der Waals surface area (Å²) in [7, 11) is 8.24. The van der Waals surface area contributed by atoms with Gasteiger partial charge >= 0.3 is 0 Å². The van der Waals surface area contributed by atoms with Crippen molar-refractivity contribution in [2.75, 3.05) is 0 Å². The van der Waals surface area contributed by atoms with Gasteiger partial charge in [-0.3, -0.25) is 0 Å². The van der Waals surface area contributed by atoms with Gasteiger partial charge in [0.25, 0.3) is 0 Å². The molecule has 0 bridgehead atoms. The third-order valence-electron chi connectivity index (χ3n) is 21.4. The number of hydrogen-bond acceptors (Lipinski definition) is 0. The van der Waals surface area contributed by atoms with Crippen LogP contribution in [0.3, 0.4) is 0 Å². The monoisotopic (exact) mass is 1370 g/mol. The van der Waals surface area contributed by atoms with Crippen LogP contribution >= 0.6 is 0 Å². The zero-order valence-corrected chi connectivity index (χ0v) is 61.7. The first-order valence-corrected chi connectivity index (χ1v) is 37.4. The molecule has 0 aliphatic heterocycles. The van der Waals surface area contributed by atoms with E-state index in [-0.39, 0.29) is 11.5 Å². The number of nitrogens with zero attached hydrogens (tertiary/aromatic N) is 4. The largest absolute Gasteiger partial charge is 0.212 e. The summed E-state index contributed by atoms with van der Waals surface area (Å²) in [5, 5.41) is 0. The van der Waals surface area contributed by atoms with Crippen molar-refractivity contribution in [1.29, 1.82) is 0 Å².